The zero-order valence-electron chi connectivity index (χ0n) is 13.0. The van der Waals surface area contributed by atoms with Crippen molar-refractivity contribution in [1.29, 1.82) is 5.26 Å². The Kier molecular flexibility index (Phi) is 5.00. The van der Waals surface area contributed by atoms with E-state index in [1.165, 1.54) is 12.1 Å². The Labute approximate surface area is 130 Å². The van der Waals surface area contributed by atoms with E-state index in [-0.39, 0.29) is 11.7 Å². The van der Waals surface area contributed by atoms with Crippen LogP contribution in [-0.4, -0.2) is 21.2 Å². The highest BCUT2D eigenvalue weighted by molar-refractivity contribution is 5.49. The highest BCUT2D eigenvalue weighted by atomic mass is 19.1. The number of halogens is 1. The summed E-state index contributed by atoms with van der Waals surface area (Å²) in [7, 11) is 5.46. The highest BCUT2D eigenvalue weighted by Gasteiger charge is 2.16. The lowest BCUT2D eigenvalue weighted by atomic mass is 9.92. The summed E-state index contributed by atoms with van der Waals surface area (Å²) in [4.78, 5) is 1.99. The molecule has 3 nitrogen and oxygen atoms in total. The summed E-state index contributed by atoms with van der Waals surface area (Å²) < 4.78 is 18.7. The minimum absolute atomic E-state index is 0.325. The lowest BCUT2D eigenvalue weighted by Gasteiger charge is -2.17. The number of rotatable bonds is 5. The summed E-state index contributed by atoms with van der Waals surface area (Å²) in [5.41, 5.74) is 2.65. The summed E-state index contributed by atoms with van der Waals surface area (Å²) in [6.45, 7) is 0. The van der Waals surface area contributed by atoms with Crippen LogP contribution in [0.15, 0.2) is 42.5 Å². The smallest absolute Gasteiger partial charge is 0.123 e. The van der Waals surface area contributed by atoms with Crippen molar-refractivity contribution in [3.05, 3.63) is 59.4 Å². The van der Waals surface area contributed by atoms with Gasteiger partial charge in [0.05, 0.1) is 19.1 Å². The van der Waals surface area contributed by atoms with Gasteiger partial charge in [-0.15, -0.1) is 0 Å². The summed E-state index contributed by atoms with van der Waals surface area (Å²) in [5.74, 6) is -0.0736. The lowest BCUT2D eigenvalue weighted by molar-refractivity contribution is 0.407. The standard InChI is InChI=1S/C18H19FN2O/c1-21(2)17-6-4-5-13(11-17)15(12-20)9-14-10-16(19)7-8-18(14)22-3/h4-8,10-11,15H,9H2,1-3H3. The van der Waals surface area contributed by atoms with Crippen LogP contribution < -0.4 is 9.64 Å². The monoisotopic (exact) mass is 298 g/mol. The minimum Gasteiger partial charge on any atom is -0.496 e. The van der Waals surface area contributed by atoms with Gasteiger partial charge >= 0.3 is 0 Å². The zero-order chi connectivity index (χ0) is 16.1. The molecule has 0 saturated heterocycles. The number of hydrogen-bond acceptors (Lipinski definition) is 3. The van der Waals surface area contributed by atoms with E-state index in [1.54, 1.807) is 13.2 Å². The zero-order valence-corrected chi connectivity index (χ0v) is 13.0. The van der Waals surface area contributed by atoms with Gasteiger partial charge in [-0.2, -0.15) is 5.26 Å². The minimum atomic E-state index is -0.351. The number of hydrogen-bond donors (Lipinski definition) is 0. The Morgan fingerprint density at radius 1 is 1.23 bits per heavy atom. The van der Waals surface area contributed by atoms with Gasteiger partial charge in [-0.3, -0.25) is 0 Å². The van der Waals surface area contributed by atoms with Crippen LogP contribution in [0.3, 0.4) is 0 Å². The van der Waals surface area contributed by atoms with E-state index in [0.29, 0.717) is 17.7 Å². The van der Waals surface area contributed by atoms with E-state index in [2.05, 4.69) is 6.07 Å². The summed E-state index contributed by atoms with van der Waals surface area (Å²) in [6, 6.07) is 14.5. The second-order valence-electron chi connectivity index (χ2n) is 5.33. The number of methoxy groups -OCH3 is 1. The predicted octanol–water partition coefficient (Wildman–Crippen LogP) is 3.75. The quantitative estimate of drug-likeness (QED) is 0.843. The van der Waals surface area contributed by atoms with Crippen LogP contribution in [0, 0.1) is 17.1 Å². The van der Waals surface area contributed by atoms with Crippen LogP contribution in [0.4, 0.5) is 10.1 Å². The van der Waals surface area contributed by atoms with Gasteiger partial charge in [-0.25, -0.2) is 4.39 Å². The molecule has 2 rings (SSSR count). The molecule has 2 aromatic rings. The Morgan fingerprint density at radius 3 is 2.64 bits per heavy atom. The molecule has 0 fully saturated rings. The summed E-state index contributed by atoms with van der Waals surface area (Å²) >= 11 is 0. The molecule has 0 amide bonds. The van der Waals surface area contributed by atoms with Gasteiger partial charge in [0, 0.05) is 19.8 Å². The average molecular weight is 298 g/mol. The molecular weight excluding hydrogens is 279 g/mol. The molecular formula is C18H19FN2O. The molecule has 0 aliphatic carbocycles. The number of ether oxygens (including phenoxy) is 1. The fourth-order valence-electron chi connectivity index (χ4n) is 2.38. The third kappa shape index (κ3) is 3.56. The van der Waals surface area contributed by atoms with Crippen molar-refractivity contribution in [1.82, 2.24) is 0 Å². The first-order valence-corrected chi connectivity index (χ1v) is 7.04. The molecule has 4 heteroatoms. The van der Waals surface area contributed by atoms with Crippen molar-refractivity contribution in [3.63, 3.8) is 0 Å². The summed E-state index contributed by atoms with van der Waals surface area (Å²) in [5, 5.41) is 9.51. The molecule has 1 unspecified atom stereocenters. The number of anilines is 1. The Morgan fingerprint density at radius 2 is 2.00 bits per heavy atom. The Balaban J connectivity index is 2.32. The van der Waals surface area contributed by atoms with Crippen LogP contribution in [-0.2, 0) is 6.42 Å². The normalized spacial score (nSPS) is 11.6. The molecule has 0 aliphatic heterocycles. The molecule has 0 radical (unpaired) electrons. The van der Waals surface area contributed by atoms with Crippen molar-refractivity contribution >= 4 is 5.69 Å². The lowest BCUT2D eigenvalue weighted by Crippen LogP contribution is -2.10. The second kappa shape index (κ2) is 6.95. The molecule has 0 aliphatic rings. The van der Waals surface area contributed by atoms with Gasteiger partial charge in [0.25, 0.3) is 0 Å². The Bertz CT molecular complexity index is 692. The molecule has 0 saturated carbocycles. The van der Waals surface area contributed by atoms with E-state index >= 15 is 0 Å². The topological polar surface area (TPSA) is 36.3 Å². The SMILES string of the molecule is COc1ccc(F)cc1CC(C#N)c1cccc(N(C)C)c1. The number of benzene rings is 2. The van der Waals surface area contributed by atoms with Crippen LogP contribution >= 0.6 is 0 Å². The highest BCUT2D eigenvalue weighted by Crippen LogP contribution is 2.28. The van der Waals surface area contributed by atoms with E-state index in [4.69, 9.17) is 4.74 Å². The average Bonchev–Trinajstić information content (AvgIpc) is 2.52. The molecule has 0 N–H and O–H groups in total. The maximum Gasteiger partial charge on any atom is 0.123 e. The second-order valence-corrected chi connectivity index (χ2v) is 5.33. The van der Waals surface area contributed by atoms with Crippen molar-refractivity contribution in [2.45, 2.75) is 12.3 Å². The first kappa shape index (κ1) is 15.8. The molecule has 0 bridgehead atoms. The molecule has 1 atom stereocenters. The molecule has 2 aromatic carbocycles. The Hall–Kier alpha value is -2.54. The van der Waals surface area contributed by atoms with Crippen molar-refractivity contribution in [2.24, 2.45) is 0 Å². The van der Waals surface area contributed by atoms with Crippen LogP contribution in [0.5, 0.6) is 5.75 Å². The van der Waals surface area contributed by atoms with Crippen LogP contribution in [0.1, 0.15) is 17.0 Å². The van der Waals surface area contributed by atoms with Gasteiger partial charge in [-0.05, 0) is 47.9 Å². The fourth-order valence-corrected chi connectivity index (χ4v) is 2.38. The maximum atomic E-state index is 13.5. The van der Waals surface area contributed by atoms with E-state index < -0.39 is 0 Å². The van der Waals surface area contributed by atoms with Gasteiger partial charge in [0.15, 0.2) is 0 Å². The molecule has 0 heterocycles. The third-order valence-corrected chi connectivity index (χ3v) is 3.61. The number of nitriles is 1. The first-order valence-electron chi connectivity index (χ1n) is 7.04. The molecule has 0 spiro atoms. The van der Waals surface area contributed by atoms with Crippen molar-refractivity contribution in [3.8, 4) is 11.8 Å². The van der Waals surface area contributed by atoms with Crippen molar-refractivity contribution < 1.29 is 9.13 Å². The fraction of sp³-hybridized carbons (Fsp3) is 0.278. The van der Waals surface area contributed by atoms with Gasteiger partial charge < -0.3 is 9.64 Å². The number of nitrogens with zero attached hydrogens (tertiary/aromatic N) is 2. The van der Waals surface area contributed by atoms with Crippen LogP contribution in [0.25, 0.3) is 0 Å². The van der Waals surface area contributed by atoms with E-state index in [9.17, 15) is 9.65 Å². The van der Waals surface area contributed by atoms with Gasteiger partial charge in [0.2, 0.25) is 0 Å². The predicted molar refractivity (Wildman–Crippen MR) is 85.8 cm³/mol. The molecule has 22 heavy (non-hydrogen) atoms. The summed E-state index contributed by atoms with van der Waals surface area (Å²) in [6.07, 6.45) is 0.411. The van der Waals surface area contributed by atoms with E-state index in [1.807, 2.05) is 43.3 Å². The van der Waals surface area contributed by atoms with Gasteiger partial charge in [0.1, 0.15) is 11.6 Å². The first-order chi connectivity index (χ1) is 10.5. The van der Waals surface area contributed by atoms with Crippen molar-refractivity contribution in [2.75, 3.05) is 26.1 Å². The third-order valence-electron chi connectivity index (χ3n) is 3.61. The van der Waals surface area contributed by atoms with Gasteiger partial charge in [-0.1, -0.05) is 12.1 Å². The molecule has 0 aromatic heterocycles. The maximum absolute atomic E-state index is 13.5. The largest absolute Gasteiger partial charge is 0.496 e. The van der Waals surface area contributed by atoms with Crippen LogP contribution in [0.2, 0.25) is 0 Å². The molecule has 114 valence electrons. The van der Waals surface area contributed by atoms with E-state index in [0.717, 1.165) is 11.3 Å².